The maximum atomic E-state index is 13.1. The number of aliphatic hydroxyl groups excluding tert-OH is 1. The van der Waals surface area contributed by atoms with E-state index >= 15 is 0 Å². The van der Waals surface area contributed by atoms with Crippen LogP contribution in [-0.2, 0) is 19.9 Å². The van der Waals surface area contributed by atoms with Gasteiger partial charge >= 0.3 is 0 Å². The van der Waals surface area contributed by atoms with Crippen LogP contribution >= 0.6 is 0 Å². The first-order valence-electron chi connectivity index (χ1n) is 9.97. The summed E-state index contributed by atoms with van der Waals surface area (Å²) in [6.07, 6.45) is 1.36. The second-order valence-electron chi connectivity index (χ2n) is 8.71. The number of ether oxygens (including phenoxy) is 1. The number of nitrogens with zero attached hydrogens (tertiary/aromatic N) is 1. The second-order valence-corrected chi connectivity index (χ2v) is 12.7. The monoisotopic (exact) mass is 404 g/mol. The Labute approximate surface area is 165 Å². The Balaban J connectivity index is 1.80. The van der Waals surface area contributed by atoms with Gasteiger partial charge in [-0.3, -0.25) is 9.59 Å². The molecule has 4 rings (SSSR count). The molecule has 2 fully saturated rings. The fourth-order valence-corrected chi connectivity index (χ4v) is 7.97. The van der Waals surface area contributed by atoms with Gasteiger partial charge in [0.15, 0.2) is 13.9 Å². The molecule has 8 heteroatoms. The normalized spacial score (nSPS) is 32.3. The van der Waals surface area contributed by atoms with Gasteiger partial charge in [-0.25, -0.2) is 0 Å². The van der Waals surface area contributed by atoms with Gasteiger partial charge in [0.05, 0.1) is 6.10 Å². The average Bonchev–Trinajstić information content (AvgIpc) is 3.24. The van der Waals surface area contributed by atoms with Gasteiger partial charge in [-0.1, -0.05) is 6.92 Å². The van der Waals surface area contributed by atoms with Gasteiger partial charge in [0.2, 0.25) is 5.91 Å². The van der Waals surface area contributed by atoms with Crippen molar-refractivity contribution in [2.75, 3.05) is 23.4 Å². The van der Waals surface area contributed by atoms with E-state index in [9.17, 15) is 19.5 Å². The van der Waals surface area contributed by atoms with E-state index in [-0.39, 0.29) is 36.0 Å². The van der Waals surface area contributed by atoms with Crippen molar-refractivity contribution < 1.29 is 24.2 Å². The fourth-order valence-electron chi connectivity index (χ4n) is 5.37. The van der Waals surface area contributed by atoms with Crippen LogP contribution in [0.3, 0.4) is 0 Å². The lowest BCUT2D eigenvalue weighted by molar-refractivity contribution is -0.143. The highest BCUT2D eigenvalue weighted by Gasteiger charge is 2.64. The summed E-state index contributed by atoms with van der Waals surface area (Å²) in [5.74, 6) is -0.392. The number of hydrogen-bond donors (Lipinski definition) is 3. The Kier molecular flexibility index (Phi) is 4.65. The van der Waals surface area contributed by atoms with E-state index in [2.05, 4.69) is 5.32 Å². The molecule has 3 aliphatic rings. The molecule has 1 spiro atoms. The van der Waals surface area contributed by atoms with E-state index in [4.69, 9.17) is 4.74 Å². The summed E-state index contributed by atoms with van der Waals surface area (Å²) in [7, 11) is -2.66. The number of carbonyl (C=O) groups is 2. The molecule has 2 amide bonds. The lowest BCUT2D eigenvalue weighted by Gasteiger charge is -2.32. The molecular weight excluding hydrogens is 376 g/mol. The van der Waals surface area contributed by atoms with E-state index in [0.717, 1.165) is 17.7 Å². The molecule has 3 heterocycles. The highest BCUT2D eigenvalue weighted by molar-refractivity contribution is 6.71. The van der Waals surface area contributed by atoms with Crippen LogP contribution in [0.5, 0.6) is 0 Å². The molecule has 0 radical (unpaired) electrons. The van der Waals surface area contributed by atoms with Crippen molar-refractivity contribution in [3.05, 3.63) is 23.8 Å². The zero-order valence-electron chi connectivity index (χ0n) is 16.6. The first kappa shape index (κ1) is 19.6. The number of carbonyl (C=O) groups excluding carboxylic acids is 2. The Morgan fingerprint density at radius 3 is 2.71 bits per heavy atom. The highest BCUT2D eigenvalue weighted by Crippen LogP contribution is 2.58. The van der Waals surface area contributed by atoms with Crippen LogP contribution in [0.1, 0.15) is 31.7 Å². The Bertz CT molecular complexity index is 823. The van der Waals surface area contributed by atoms with Crippen LogP contribution < -0.4 is 10.2 Å². The van der Waals surface area contributed by atoms with Crippen LogP contribution in [0.2, 0.25) is 18.6 Å². The van der Waals surface area contributed by atoms with Gasteiger partial charge in [-0.2, -0.15) is 0 Å². The fraction of sp³-hybridized carbons (Fsp3) is 0.600. The predicted molar refractivity (Wildman–Crippen MR) is 108 cm³/mol. The molecule has 0 saturated carbocycles. The number of anilines is 2. The Morgan fingerprint density at radius 1 is 1.36 bits per heavy atom. The molecule has 3 aliphatic heterocycles. The van der Waals surface area contributed by atoms with Gasteiger partial charge in [0.1, 0.15) is 0 Å². The molecule has 0 bridgehead atoms. The molecule has 1 aromatic rings. The van der Waals surface area contributed by atoms with Gasteiger partial charge in [-0.15, -0.1) is 0 Å². The number of aliphatic hydroxyl groups is 1. The van der Waals surface area contributed by atoms with Crippen molar-refractivity contribution in [2.45, 2.75) is 56.5 Å². The summed E-state index contributed by atoms with van der Waals surface area (Å²) in [5.41, 5.74) is 0.800. The highest BCUT2D eigenvalue weighted by atomic mass is 28.4. The Hall–Kier alpha value is -1.74. The van der Waals surface area contributed by atoms with Crippen molar-refractivity contribution >= 4 is 31.5 Å². The molecule has 1 aromatic carbocycles. The van der Waals surface area contributed by atoms with Crippen LogP contribution in [0.15, 0.2) is 18.2 Å². The van der Waals surface area contributed by atoms with Gasteiger partial charge < -0.3 is 24.9 Å². The predicted octanol–water partition coefficient (Wildman–Crippen LogP) is 1.95. The molecule has 4 atom stereocenters. The number of nitrogens with one attached hydrogen (secondary N) is 1. The summed E-state index contributed by atoms with van der Waals surface area (Å²) in [5, 5.41) is 12.4. The average molecular weight is 405 g/mol. The molecule has 0 aromatic heterocycles. The summed E-state index contributed by atoms with van der Waals surface area (Å²) in [4.78, 5) is 38.0. The third-order valence-electron chi connectivity index (χ3n) is 6.52. The van der Waals surface area contributed by atoms with Crippen molar-refractivity contribution in [1.29, 1.82) is 0 Å². The largest absolute Gasteiger partial charge is 0.432 e. The lowest BCUT2D eigenvalue weighted by Crippen LogP contribution is -2.43. The molecular formula is C20H28N2O5Si. The van der Waals surface area contributed by atoms with Crippen LogP contribution in [-0.4, -0.2) is 49.3 Å². The number of fused-ring (bicyclic) bond motifs is 2. The van der Waals surface area contributed by atoms with E-state index < -0.39 is 13.9 Å². The molecule has 0 unspecified atom stereocenters. The van der Waals surface area contributed by atoms with E-state index in [1.807, 2.05) is 38.2 Å². The van der Waals surface area contributed by atoms with Crippen molar-refractivity contribution in [2.24, 2.45) is 5.92 Å². The first-order valence-corrected chi connectivity index (χ1v) is 13.0. The third-order valence-corrected chi connectivity index (χ3v) is 9.02. The summed E-state index contributed by atoms with van der Waals surface area (Å²) in [6.45, 7) is 6.28. The van der Waals surface area contributed by atoms with Crippen LogP contribution in [0.4, 0.5) is 11.4 Å². The molecule has 28 heavy (non-hydrogen) atoms. The molecule has 0 aliphatic carbocycles. The van der Waals surface area contributed by atoms with Crippen LogP contribution in [0, 0.1) is 5.92 Å². The van der Waals surface area contributed by atoms with Crippen molar-refractivity contribution in [3.8, 4) is 0 Å². The molecule has 3 N–H and O–H groups in total. The maximum Gasteiger partial charge on any atom is 0.261 e. The first-order chi connectivity index (χ1) is 13.2. The van der Waals surface area contributed by atoms with Crippen molar-refractivity contribution in [1.82, 2.24) is 0 Å². The van der Waals surface area contributed by atoms with Gasteiger partial charge in [0.25, 0.3) is 5.91 Å². The number of hydrogen-bond acceptors (Lipinski definition) is 5. The molecule has 7 nitrogen and oxygen atoms in total. The van der Waals surface area contributed by atoms with E-state index in [0.29, 0.717) is 25.1 Å². The summed E-state index contributed by atoms with van der Waals surface area (Å²) in [6, 6.07) is 5.57. The minimum atomic E-state index is -2.66. The summed E-state index contributed by atoms with van der Waals surface area (Å²) >= 11 is 0. The van der Waals surface area contributed by atoms with E-state index in [1.165, 1.54) is 0 Å². The minimum Gasteiger partial charge on any atom is -0.432 e. The summed E-state index contributed by atoms with van der Waals surface area (Å²) < 4.78 is 6.38. The smallest absolute Gasteiger partial charge is 0.261 e. The van der Waals surface area contributed by atoms with Crippen molar-refractivity contribution in [3.63, 3.8) is 0 Å². The van der Waals surface area contributed by atoms with E-state index in [1.54, 1.807) is 4.90 Å². The number of rotatable bonds is 4. The zero-order chi connectivity index (χ0) is 20.3. The Morgan fingerprint density at radius 2 is 2.11 bits per heavy atom. The van der Waals surface area contributed by atoms with Gasteiger partial charge in [0, 0.05) is 48.0 Å². The SMILES string of the molecule is C[C@H]1[C@H]([Si](C)(C)O)[C@@H](CCO)O[C@]12C(=O)Nc1ccc(N3CCCC3=O)cc12. The molecule has 152 valence electrons. The lowest BCUT2D eigenvalue weighted by atomic mass is 9.82. The number of benzene rings is 1. The quantitative estimate of drug-likeness (QED) is 0.666. The maximum absolute atomic E-state index is 13.1. The second kappa shape index (κ2) is 6.65. The minimum absolute atomic E-state index is 0.0642. The number of amides is 2. The standard InChI is InChI=1S/C20H28N2O5Si/c1-12-18(28(2,3)26)16(8-10-23)27-20(12)14-11-13(22-9-4-5-17(22)24)6-7-15(14)21-19(20)25/h6-7,11-12,16,18,23,26H,4-5,8-10H2,1-3H3,(H,21,25)/t12-,16+,18-,20+/m0/s1. The third kappa shape index (κ3) is 2.74. The topological polar surface area (TPSA) is 99.1 Å². The molecule has 2 saturated heterocycles. The van der Waals surface area contributed by atoms with Gasteiger partial charge in [-0.05, 0) is 44.1 Å². The van der Waals surface area contributed by atoms with Crippen LogP contribution in [0.25, 0.3) is 0 Å². The zero-order valence-corrected chi connectivity index (χ0v) is 17.6.